The summed E-state index contributed by atoms with van der Waals surface area (Å²) < 4.78 is 30.6. The van der Waals surface area contributed by atoms with E-state index in [4.69, 9.17) is 20.6 Å². The van der Waals surface area contributed by atoms with Crippen LogP contribution < -0.4 is 20.3 Å². The number of aliphatic imine (C=N–C) groups is 1. The molecule has 0 atom stereocenters. The number of hydrogen-bond donors (Lipinski definition) is 3. The highest BCUT2D eigenvalue weighted by molar-refractivity contribution is 7.87. The van der Waals surface area contributed by atoms with Crippen molar-refractivity contribution in [2.24, 2.45) is 16.0 Å². The molecule has 0 amide bonds. The summed E-state index contributed by atoms with van der Waals surface area (Å²) in [7, 11) is -3.62. The van der Waals surface area contributed by atoms with E-state index >= 15 is 0 Å². The largest absolute Gasteiger partial charge is 0.463 e. The molecular weight excluding hydrogens is 416 g/mol. The Hall–Kier alpha value is -2.56. The van der Waals surface area contributed by atoms with Gasteiger partial charge in [0.05, 0.1) is 5.71 Å². The summed E-state index contributed by atoms with van der Waals surface area (Å²) in [4.78, 5) is 12.9. The second-order valence-corrected chi connectivity index (χ2v) is 10.1. The first kappa shape index (κ1) is 21.7. The fourth-order valence-electron chi connectivity index (χ4n) is 4.35. The highest BCUT2D eigenvalue weighted by Crippen LogP contribution is 2.40. The molecular formula is C21H28N6O3S. The third-order valence-electron chi connectivity index (χ3n) is 6.04. The van der Waals surface area contributed by atoms with E-state index in [-0.39, 0.29) is 0 Å². The lowest BCUT2D eigenvalue weighted by Crippen LogP contribution is -2.41. The summed E-state index contributed by atoms with van der Waals surface area (Å²) >= 11 is 0. The Bertz CT molecular complexity index is 1090. The van der Waals surface area contributed by atoms with E-state index in [0.29, 0.717) is 35.8 Å². The van der Waals surface area contributed by atoms with Crippen molar-refractivity contribution in [3.05, 3.63) is 41.7 Å². The van der Waals surface area contributed by atoms with Gasteiger partial charge in [-0.2, -0.15) is 13.4 Å². The number of ether oxygens (including phenoxy) is 1. The Labute approximate surface area is 182 Å². The molecule has 166 valence electrons. The summed E-state index contributed by atoms with van der Waals surface area (Å²) in [5.74, 6) is 1.48. The van der Waals surface area contributed by atoms with Crippen molar-refractivity contribution in [2.75, 3.05) is 12.3 Å². The van der Waals surface area contributed by atoms with Crippen LogP contribution in [0.25, 0.3) is 0 Å². The van der Waals surface area contributed by atoms with Gasteiger partial charge in [0, 0.05) is 12.1 Å². The summed E-state index contributed by atoms with van der Waals surface area (Å²) in [5.41, 5.74) is 8.81. The van der Waals surface area contributed by atoms with Crippen LogP contribution in [0, 0.1) is 5.92 Å². The number of aromatic nitrogens is 2. The van der Waals surface area contributed by atoms with E-state index in [1.165, 1.54) is 11.9 Å². The first-order valence-electron chi connectivity index (χ1n) is 10.4. The van der Waals surface area contributed by atoms with Crippen LogP contribution in [0.4, 0.5) is 11.5 Å². The molecule has 0 bridgehead atoms. The van der Waals surface area contributed by atoms with Gasteiger partial charge in [-0.25, -0.2) is 19.8 Å². The van der Waals surface area contributed by atoms with E-state index in [2.05, 4.69) is 39.0 Å². The molecule has 0 saturated heterocycles. The fraction of sp³-hybridized carbons (Fsp3) is 0.476. The molecule has 1 aliphatic heterocycles. The number of anilines is 1. The number of hydrogen-bond acceptors (Lipinski definition) is 7. The molecule has 5 N–H and O–H groups in total. The Morgan fingerprint density at radius 3 is 2.45 bits per heavy atom. The minimum atomic E-state index is -3.62. The van der Waals surface area contributed by atoms with Crippen LogP contribution in [-0.2, 0) is 10.2 Å². The highest BCUT2D eigenvalue weighted by Gasteiger charge is 2.35. The molecule has 1 fully saturated rings. The number of nitrogens with one attached hydrogen (secondary N) is 1. The van der Waals surface area contributed by atoms with Crippen LogP contribution in [0.2, 0.25) is 0 Å². The van der Waals surface area contributed by atoms with Gasteiger partial charge in [-0.15, -0.1) is 0 Å². The van der Waals surface area contributed by atoms with Gasteiger partial charge in [-0.3, -0.25) is 0 Å². The van der Waals surface area contributed by atoms with Crippen molar-refractivity contribution in [2.45, 2.75) is 51.0 Å². The zero-order valence-corrected chi connectivity index (χ0v) is 18.5. The number of nitrogens with zero attached hydrogens (tertiary/aromatic N) is 3. The molecule has 31 heavy (non-hydrogen) atoms. The maximum absolute atomic E-state index is 11.1. The van der Waals surface area contributed by atoms with Crippen LogP contribution in [0.1, 0.15) is 56.6 Å². The van der Waals surface area contributed by atoms with Crippen molar-refractivity contribution < 1.29 is 13.2 Å². The monoisotopic (exact) mass is 444 g/mol. The van der Waals surface area contributed by atoms with Crippen LogP contribution in [0.5, 0.6) is 5.88 Å². The SMILES string of the molecule is CC1(C)Oc2ncnc(N)c2N=C1c1ccc(C2CCC(CNS(N)(=O)=O)CC2)cc1. The van der Waals surface area contributed by atoms with Crippen LogP contribution >= 0.6 is 0 Å². The van der Waals surface area contributed by atoms with Gasteiger partial charge in [-0.05, 0) is 56.9 Å². The lowest BCUT2D eigenvalue weighted by Gasteiger charge is -2.32. The molecule has 4 rings (SSSR count). The Balaban J connectivity index is 1.47. The van der Waals surface area contributed by atoms with Crippen molar-refractivity contribution >= 4 is 27.4 Å². The quantitative estimate of drug-likeness (QED) is 0.645. The standard InChI is InChI=1S/C21H28N6O3S/c1-21(2)18(27-17-19(22)24-12-25-20(17)30-21)16-9-7-15(8-10-16)14-5-3-13(4-6-14)11-26-31(23,28)29/h7-10,12-14,26H,3-6,11H2,1-2H3,(H2,22,24,25)(H2,23,28,29). The molecule has 9 nitrogen and oxygen atoms in total. The van der Waals surface area contributed by atoms with Crippen LogP contribution in [-0.4, -0.2) is 36.2 Å². The Kier molecular flexibility index (Phi) is 5.71. The van der Waals surface area contributed by atoms with E-state index in [9.17, 15) is 8.42 Å². The summed E-state index contributed by atoms with van der Waals surface area (Å²) in [5, 5.41) is 5.03. The average molecular weight is 445 g/mol. The molecule has 10 heteroatoms. The van der Waals surface area contributed by atoms with Crippen LogP contribution in [0.15, 0.2) is 35.6 Å². The number of rotatable bonds is 5. The molecule has 0 radical (unpaired) electrons. The van der Waals surface area contributed by atoms with Crippen molar-refractivity contribution in [1.82, 2.24) is 14.7 Å². The van der Waals surface area contributed by atoms with E-state index in [1.54, 1.807) is 0 Å². The maximum atomic E-state index is 11.1. The molecule has 2 aromatic rings. The second kappa shape index (κ2) is 8.18. The second-order valence-electron chi connectivity index (χ2n) is 8.72. The minimum absolute atomic E-state index is 0.295. The minimum Gasteiger partial charge on any atom is -0.463 e. The van der Waals surface area contributed by atoms with Crippen molar-refractivity contribution in [1.29, 1.82) is 0 Å². The molecule has 0 unspecified atom stereocenters. The Morgan fingerprint density at radius 1 is 1.13 bits per heavy atom. The van der Waals surface area contributed by atoms with E-state index in [0.717, 1.165) is 37.0 Å². The van der Waals surface area contributed by atoms with Crippen molar-refractivity contribution in [3.63, 3.8) is 0 Å². The average Bonchev–Trinajstić information content (AvgIpc) is 2.71. The van der Waals surface area contributed by atoms with Gasteiger partial charge in [0.25, 0.3) is 10.2 Å². The van der Waals surface area contributed by atoms with Crippen LogP contribution in [0.3, 0.4) is 0 Å². The number of fused-ring (bicyclic) bond motifs is 1. The molecule has 0 spiro atoms. The third kappa shape index (κ3) is 4.86. The molecule has 2 heterocycles. The van der Waals surface area contributed by atoms with Gasteiger partial charge in [0.1, 0.15) is 11.9 Å². The molecule has 1 aromatic heterocycles. The summed E-state index contributed by atoms with van der Waals surface area (Å²) in [6.45, 7) is 4.32. The van der Waals surface area contributed by atoms with Gasteiger partial charge in [-0.1, -0.05) is 24.3 Å². The summed E-state index contributed by atoms with van der Waals surface area (Å²) in [6, 6.07) is 8.42. The highest BCUT2D eigenvalue weighted by atomic mass is 32.2. The lowest BCUT2D eigenvalue weighted by molar-refractivity contribution is 0.171. The first-order chi connectivity index (χ1) is 14.6. The van der Waals surface area contributed by atoms with Gasteiger partial charge >= 0.3 is 0 Å². The van der Waals surface area contributed by atoms with Gasteiger partial charge in [0.15, 0.2) is 11.5 Å². The lowest BCUT2D eigenvalue weighted by atomic mass is 9.78. The normalized spacial score (nSPS) is 22.9. The fourth-order valence-corrected chi connectivity index (χ4v) is 4.82. The molecule has 1 aromatic carbocycles. The molecule has 2 aliphatic rings. The first-order valence-corrected chi connectivity index (χ1v) is 11.9. The third-order valence-corrected chi connectivity index (χ3v) is 6.61. The maximum Gasteiger partial charge on any atom is 0.274 e. The zero-order valence-electron chi connectivity index (χ0n) is 17.7. The predicted octanol–water partition coefficient (Wildman–Crippen LogP) is 2.42. The van der Waals surface area contributed by atoms with E-state index < -0.39 is 15.8 Å². The summed E-state index contributed by atoms with van der Waals surface area (Å²) in [6.07, 6.45) is 5.36. The molecule has 1 aliphatic carbocycles. The number of nitrogens with two attached hydrogens (primary N) is 2. The Morgan fingerprint density at radius 2 is 1.81 bits per heavy atom. The number of nitrogen functional groups attached to an aromatic ring is 1. The smallest absolute Gasteiger partial charge is 0.274 e. The topological polar surface area (TPSA) is 146 Å². The molecule has 1 saturated carbocycles. The van der Waals surface area contributed by atoms with E-state index in [1.807, 2.05) is 13.8 Å². The van der Waals surface area contributed by atoms with Gasteiger partial charge < -0.3 is 10.5 Å². The van der Waals surface area contributed by atoms with Crippen molar-refractivity contribution in [3.8, 4) is 5.88 Å². The van der Waals surface area contributed by atoms with Gasteiger partial charge in [0.2, 0.25) is 5.88 Å². The number of benzene rings is 1. The zero-order chi connectivity index (χ0) is 22.2. The predicted molar refractivity (Wildman–Crippen MR) is 120 cm³/mol.